The summed E-state index contributed by atoms with van der Waals surface area (Å²) in [5, 5.41) is 2.06. The Hall–Kier alpha value is -0.840. The van der Waals surface area contributed by atoms with E-state index in [-0.39, 0.29) is 5.56 Å². The first-order valence-electron chi connectivity index (χ1n) is 3.54. The van der Waals surface area contributed by atoms with Crippen molar-refractivity contribution >= 4 is 33.4 Å². The number of benzene rings is 1. The van der Waals surface area contributed by atoms with Gasteiger partial charge in [0.05, 0.1) is 0 Å². The molecule has 0 aliphatic rings. The van der Waals surface area contributed by atoms with Crippen LogP contribution < -0.4 is 5.56 Å². The van der Waals surface area contributed by atoms with Gasteiger partial charge in [0.1, 0.15) is 0 Å². The van der Waals surface area contributed by atoms with Gasteiger partial charge in [0.15, 0.2) is 0 Å². The highest BCUT2D eigenvalue weighted by molar-refractivity contribution is 14.1. The number of hydrogen-bond donors (Lipinski definition) is 1. The van der Waals surface area contributed by atoms with Crippen molar-refractivity contribution in [1.82, 2.24) is 4.98 Å². The maximum absolute atomic E-state index is 10.9. The molecule has 0 unspecified atom stereocenters. The van der Waals surface area contributed by atoms with Crippen LogP contribution in [0.5, 0.6) is 0 Å². The van der Waals surface area contributed by atoms with Gasteiger partial charge in [-0.25, -0.2) is 0 Å². The van der Waals surface area contributed by atoms with Crippen LogP contribution in [-0.2, 0) is 0 Å². The Balaban J connectivity index is 2.87. The zero-order chi connectivity index (χ0) is 8.55. The third kappa shape index (κ3) is 1.36. The van der Waals surface area contributed by atoms with Gasteiger partial charge in [-0.05, 0) is 45.5 Å². The van der Waals surface area contributed by atoms with Gasteiger partial charge in [-0.2, -0.15) is 0 Å². The molecular weight excluding hydrogens is 265 g/mol. The van der Waals surface area contributed by atoms with Gasteiger partial charge in [-0.3, -0.25) is 4.79 Å². The highest BCUT2D eigenvalue weighted by Gasteiger charge is 1.93. The third-order valence-corrected chi connectivity index (χ3v) is 2.38. The molecule has 0 bridgehead atoms. The molecule has 0 atom stereocenters. The number of fused-ring (bicyclic) bond motifs is 1. The fraction of sp³-hybridized carbons (Fsp3) is 0. The molecular formula is C9H6INO. The normalized spacial score (nSPS) is 10.4. The summed E-state index contributed by atoms with van der Waals surface area (Å²) in [6.45, 7) is 0. The molecule has 1 N–H and O–H groups in total. The maximum atomic E-state index is 10.9. The van der Waals surface area contributed by atoms with Crippen molar-refractivity contribution in [2.45, 2.75) is 0 Å². The van der Waals surface area contributed by atoms with Gasteiger partial charge in [-0.15, -0.1) is 0 Å². The molecule has 3 heteroatoms. The zero-order valence-corrected chi connectivity index (χ0v) is 8.33. The highest BCUT2D eigenvalue weighted by Crippen LogP contribution is 2.14. The first-order valence-corrected chi connectivity index (χ1v) is 4.61. The van der Waals surface area contributed by atoms with Crippen molar-refractivity contribution in [2.24, 2.45) is 0 Å². The minimum absolute atomic E-state index is 0.0521. The van der Waals surface area contributed by atoms with Crippen molar-refractivity contribution in [3.63, 3.8) is 0 Å². The molecule has 0 saturated carbocycles. The van der Waals surface area contributed by atoms with Crippen molar-refractivity contribution in [2.75, 3.05) is 0 Å². The zero-order valence-electron chi connectivity index (χ0n) is 6.17. The standard InChI is InChI=1S/C9H6INO/c10-8-2-1-6-4-9(12)11-5-7(6)3-8/h1-5H,(H,11,12). The van der Waals surface area contributed by atoms with E-state index in [4.69, 9.17) is 0 Å². The summed E-state index contributed by atoms with van der Waals surface area (Å²) >= 11 is 2.24. The lowest BCUT2D eigenvalue weighted by molar-refractivity contribution is 1.27. The Morgan fingerprint density at radius 3 is 2.83 bits per heavy atom. The van der Waals surface area contributed by atoms with Gasteiger partial charge in [0, 0.05) is 15.8 Å². The van der Waals surface area contributed by atoms with Crippen LogP contribution in [0.3, 0.4) is 0 Å². The van der Waals surface area contributed by atoms with Crippen LogP contribution in [0.25, 0.3) is 10.8 Å². The maximum Gasteiger partial charge on any atom is 0.248 e. The summed E-state index contributed by atoms with van der Waals surface area (Å²) in [4.78, 5) is 13.6. The summed E-state index contributed by atoms with van der Waals surface area (Å²) < 4.78 is 1.17. The van der Waals surface area contributed by atoms with E-state index in [0.29, 0.717) is 0 Å². The summed E-state index contributed by atoms with van der Waals surface area (Å²) in [6, 6.07) is 7.58. The van der Waals surface area contributed by atoms with Crippen molar-refractivity contribution < 1.29 is 0 Å². The van der Waals surface area contributed by atoms with E-state index in [0.717, 1.165) is 10.8 Å². The summed E-state index contributed by atoms with van der Waals surface area (Å²) in [6.07, 6.45) is 1.74. The van der Waals surface area contributed by atoms with Gasteiger partial charge < -0.3 is 4.98 Å². The SMILES string of the molecule is O=c1cc2ccc(I)cc2c[nH]1. The first kappa shape index (κ1) is 7.79. The molecule has 0 fully saturated rings. The number of halogens is 1. The van der Waals surface area contributed by atoms with E-state index < -0.39 is 0 Å². The predicted octanol–water partition coefficient (Wildman–Crippen LogP) is 2.13. The highest BCUT2D eigenvalue weighted by atomic mass is 127. The Kier molecular flexibility index (Phi) is 1.88. The molecule has 2 aromatic rings. The quantitative estimate of drug-likeness (QED) is 0.731. The van der Waals surface area contributed by atoms with E-state index in [9.17, 15) is 4.79 Å². The first-order chi connectivity index (χ1) is 5.75. The van der Waals surface area contributed by atoms with Crippen LogP contribution in [0.2, 0.25) is 0 Å². The molecule has 0 aliphatic carbocycles. The summed E-state index contributed by atoms with van der Waals surface area (Å²) in [7, 11) is 0. The van der Waals surface area contributed by atoms with Crippen molar-refractivity contribution in [3.05, 3.63) is 44.4 Å². The topological polar surface area (TPSA) is 32.9 Å². The van der Waals surface area contributed by atoms with Crippen LogP contribution in [0, 0.1) is 3.57 Å². The van der Waals surface area contributed by atoms with Gasteiger partial charge >= 0.3 is 0 Å². The second-order valence-electron chi connectivity index (χ2n) is 2.57. The summed E-state index contributed by atoms with van der Waals surface area (Å²) in [5.74, 6) is 0. The van der Waals surface area contributed by atoms with Crippen LogP contribution in [0.1, 0.15) is 0 Å². The van der Waals surface area contributed by atoms with Crippen LogP contribution in [0.4, 0.5) is 0 Å². The monoisotopic (exact) mass is 271 g/mol. The fourth-order valence-corrected chi connectivity index (χ4v) is 1.65. The minimum atomic E-state index is -0.0521. The second-order valence-corrected chi connectivity index (χ2v) is 3.82. The van der Waals surface area contributed by atoms with Crippen LogP contribution in [0.15, 0.2) is 35.3 Å². The minimum Gasteiger partial charge on any atom is -0.328 e. The summed E-state index contributed by atoms with van der Waals surface area (Å²) in [5.41, 5.74) is -0.0521. The van der Waals surface area contributed by atoms with Crippen LogP contribution in [-0.4, -0.2) is 4.98 Å². The predicted molar refractivity (Wildman–Crippen MR) is 57.3 cm³/mol. The number of hydrogen-bond acceptors (Lipinski definition) is 1. The number of H-pyrrole nitrogens is 1. The van der Waals surface area contributed by atoms with E-state index >= 15 is 0 Å². The Morgan fingerprint density at radius 1 is 1.17 bits per heavy atom. The molecule has 2 rings (SSSR count). The van der Waals surface area contributed by atoms with E-state index in [1.54, 1.807) is 12.3 Å². The molecule has 60 valence electrons. The lowest BCUT2D eigenvalue weighted by atomic mass is 10.2. The third-order valence-electron chi connectivity index (χ3n) is 1.71. The Bertz CT molecular complexity index is 475. The van der Waals surface area contributed by atoms with E-state index in [1.807, 2.05) is 18.2 Å². The Morgan fingerprint density at radius 2 is 2.00 bits per heavy atom. The Labute approximate surface area is 82.8 Å². The van der Waals surface area contributed by atoms with Gasteiger partial charge in [0.2, 0.25) is 5.56 Å². The molecule has 2 nitrogen and oxygen atoms in total. The molecule has 1 aromatic carbocycles. The smallest absolute Gasteiger partial charge is 0.248 e. The molecule has 12 heavy (non-hydrogen) atoms. The number of rotatable bonds is 0. The van der Waals surface area contributed by atoms with E-state index in [2.05, 4.69) is 27.6 Å². The van der Waals surface area contributed by atoms with Crippen molar-refractivity contribution in [3.8, 4) is 0 Å². The number of aromatic nitrogens is 1. The molecule has 0 aliphatic heterocycles. The molecule has 1 aromatic heterocycles. The molecule has 0 amide bonds. The second kappa shape index (κ2) is 2.90. The van der Waals surface area contributed by atoms with Crippen molar-refractivity contribution in [1.29, 1.82) is 0 Å². The number of pyridine rings is 1. The largest absolute Gasteiger partial charge is 0.328 e. The lowest BCUT2D eigenvalue weighted by Gasteiger charge is -1.95. The fourth-order valence-electron chi connectivity index (χ4n) is 1.13. The number of aromatic amines is 1. The lowest BCUT2D eigenvalue weighted by Crippen LogP contribution is -2.01. The van der Waals surface area contributed by atoms with Crippen LogP contribution >= 0.6 is 22.6 Å². The molecule has 0 saturated heterocycles. The number of nitrogens with one attached hydrogen (secondary N) is 1. The molecule has 0 spiro atoms. The molecule has 1 heterocycles. The van der Waals surface area contributed by atoms with Gasteiger partial charge in [-0.1, -0.05) is 6.07 Å². The molecule has 0 radical (unpaired) electrons. The van der Waals surface area contributed by atoms with Gasteiger partial charge in [0.25, 0.3) is 0 Å². The van der Waals surface area contributed by atoms with E-state index in [1.165, 1.54) is 3.57 Å². The average Bonchev–Trinajstić information content (AvgIpc) is 2.05. The average molecular weight is 271 g/mol.